The first-order valence-electron chi connectivity index (χ1n) is 11.2. The van der Waals surface area contributed by atoms with Crippen molar-refractivity contribution in [2.24, 2.45) is 0 Å². The first-order valence-corrected chi connectivity index (χ1v) is 11.2. The lowest BCUT2D eigenvalue weighted by Gasteiger charge is -2.38. The van der Waals surface area contributed by atoms with Crippen LogP contribution >= 0.6 is 0 Å². The Morgan fingerprint density at radius 3 is 2.24 bits per heavy atom. The van der Waals surface area contributed by atoms with Crippen molar-refractivity contribution in [2.75, 3.05) is 32.2 Å². The molecule has 1 aliphatic heterocycles. The molecule has 33 heavy (non-hydrogen) atoms. The normalized spacial score (nSPS) is 14.6. The van der Waals surface area contributed by atoms with Gasteiger partial charge in [0.2, 0.25) is 0 Å². The van der Waals surface area contributed by atoms with Gasteiger partial charge in [-0.25, -0.2) is 4.39 Å². The number of amides is 1. The Kier molecular flexibility index (Phi) is 7.25. The summed E-state index contributed by atoms with van der Waals surface area (Å²) in [6.07, 6.45) is 1.70. The Bertz CT molecular complexity index is 1060. The average Bonchev–Trinajstić information content (AvgIpc) is 2.87. The van der Waals surface area contributed by atoms with Gasteiger partial charge in [0.05, 0.1) is 14.2 Å². The molecule has 3 aromatic carbocycles. The third kappa shape index (κ3) is 5.52. The van der Waals surface area contributed by atoms with Gasteiger partial charge in [-0.15, -0.1) is 0 Å². The van der Waals surface area contributed by atoms with Crippen LogP contribution in [0.4, 0.5) is 10.1 Å². The summed E-state index contributed by atoms with van der Waals surface area (Å²) in [5.74, 6) is 1.17. The van der Waals surface area contributed by atoms with E-state index in [9.17, 15) is 9.18 Å². The van der Waals surface area contributed by atoms with Crippen LogP contribution in [0.5, 0.6) is 11.5 Å². The third-order valence-electron chi connectivity index (χ3n) is 6.13. The molecule has 1 heterocycles. The lowest BCUT2D eigenvalue weighted by molar-refractivity contribution is 0.0958. The fourth-order valence-corrected chi connectivity index (χ4v) is 4.31. The maximum atomic E-state index is 13.6. The molecular weight excluding hydrogens is 419 g/mol. The molecule has 3 aromatic rings. The van der Waals surface area contributed by atoms with Gasteiger partial charge >= 0.3 is 0 Å². The molecule has 0 N–H and O–H groups in total. The monoisotopic (exact) mass is 448 g/mol. The number of anilines is 1. The number of methoxy groups -OCH3 is 2. The van der Waals surface area contributed by atoms with Crippen LogP contribution < -0.4 is 14.4 Å². The fraction of sp³-hybridized carbons (Fsp3) is 0.296. The minimum absolute atomic E-state index is 0.0390. The fourth-order valence-electron chi connectivity index (χ4n) is 4.31. The number of carbonyl (C=O) groups excluding carboxylic acids is 1. The van der Waals surface area contributed by atoms with Crippen molar-refractivity contribution < 1.29 is 18.7 Å². The molecule has 0 aliphatic carbocycles. The molecule has 0 radical (unpaired) electrons. The largest absolute Gasteiger partial charge is 0.497 e. The van der Waals surface area contributed by atoms with Gasteiger partial charge < -0.3 is 14.4 Å². The van der Waals surface area contributed by atoms with Crippen LogP contribution in [-0.2, 0) is 6.54 Å². The molecule has 0 saturated carbocycles. The summed E-state index contributed by atoms with van der Waals surface area (Å²) in [6, 6.07) is 21.6. The number of benzene rings is 3. The van der Waals surface area contributed by atoms with E-state index in [1.165, 1.54) is 12.1 Å². The van der Waals surface area contributed by atoms with Crippen LogP contribution in [0.1, 0.15) is 28.8 Å². The molecule has 0 unspecified atom stereocenters. The molecule has 4 rings (SSSR count). The lowest BCUT2D eigenvalue weighted by atomic mass is 10.00. The lowest BCUT2D eigenvalue weighted by Crippen LogP contribution is -2.47. The number of hydrogen-bond donors (Lipinski definition) is 0. The van der Waals surface area contributed by atoms with Gasteiger partial charge in [0.15, 0.2) is 0 Å². The molecule has 6 heteroatoms. The number of nitrogens with zero attached hydrogens (tertiary/aromatic N) is 2. The van der Waals surface area contributed by atoms with E-state index in [0.29, 0.717) is 17.1 Å². The smallest absolute Gasteiger partial charge is 0.258 e. The van der Waals surface area contributed by atoms with E-state index in [1.807, 2.05) is 53.4 Å². The van der Waals surface area contributed by atoms with Crippen molar-refractivity contribution in [3.63, 3.8) is 0 Å². The summed E-state index contributed by atoms with van der Waals surface area (Å²) in [5.41, 5.74) is 2.54. The molecule has 0 atom stereocenters. The summed E-state index contributed by atoms with van der Waals surface area (Å²) in [6.45, 7) is 2.50. The Labute approximate surface area is 194 Å². The predicted molar refractivity (Wildman–Crippen MR) is 127 cm³/mol. The van der Waals surface area contributed by atoms with Gasteiger partial charge in [-0.05, 0) is 66.9 Å². The van der Waals surface area contributed by atoms with Crippen LogP contribution in [-0.4, -0.2) is 44.2 Å². The highest BCUT2D eigenvalue weighted by Crippen LogP contribution is 2.29. The van der Waals surface area contributed by atoms with E-state index in [0.717, 1.165) is 43.7 Å². The first-order chi connectivity index (χ1) is 16.1. The highest BCUT2D eigenvalue weighted by molar-refractivity contribution is 6.06. The Hall–Kier alpha value is -3.38. The van der Waals surface area contributed by atoms with E-state index in [1.54, 1.807) is 26.4 Å². The van der Waals surface area contributed by atoms with Crippen LogP contribution in [0.2, 0.25) is 0 Å². The number of carbonyl (C=O) groups is 1. The van der Waals surface area contributed by atoms with Crippen LogP contribution in [0.25, 0.3) is 0 Å². The van der Waals surface area contributed by atoms with Gasteiger partial charge in [0.25, 0.3) is 5.91 Å². The average molecular weight is 449 g/mol. The quantitative estimate of drug-likeness (QED) is 0.501. The molecule has 1 aliphatic rings. The van der Waals surface area contributed by atoms with Crippen molar-refractivity contribution in [2.45, 2.75) is 25.4 Å². The predicted octanol–water partition coefficient (Wildman–Crippen LogP) is 5.15. The second-order valence-corrected chi connectivity index (χ2v) is 8.24. The Morgan fingerprint density at radius 1 is 0.939 bits per heavy atom. The number of rotatable bonds is 7. The molecule has 0 bridgehead atoms. The van der Waals surface area contributed by atoms with Gasteiger partial charge in [-0.1, -0.05) is 18.2 Å². The molecule has 1 saturated heterocycles. The minimum Gasteiger partial charge on any atom is -0.497 e. The summed E-state index contributed by atoms with van der Waals surface area (Å²) in [4.78, 5) is 17.9. The van der Waals surface area contributed by atoms with E-state index in [2.05, 4.69) is 4.90 Å². The standard InChI is InChI=1S/C27H29FN2O3/c1-32-25-12-8-21(9-13-25)27(31)30(24-4-3-5-26(18-24)33-2)23-14-16-29(17-15-23)19-20-6-10-22(28)11-7-20/h3-13,18,23H,14-17,19H2,1-2H3. The first kappa shape index (κ1) is 22.8. The molecule has 0 aromatic heterocycles. The Balaban J connectivity index is 1.53. The topological polar surface area (TPSA) is 42.0 Å². The summed E-state index contributed by atoms with van der Waals surface area (Å²) >= 11 is 0. The van der Waals surface area contributed by atoms with Crippen molar-refractivity contribution in [1.82, 2.24) is 4.90 Å². The SMILES string of the molecule is COc1ccc(C(=O)N(c2cccc(OC)c2)C2CCN(Cc3ccc(F)cc3)CC2)cc1. The number of halogens is 1. The third-order valence-corrected chi connectivity index (χ3v) is 6.13. The molecule has 5 nitrogen and oxygen atoms in total. The highest BCUT2D eigenvalue weighted by Gasteiger charge is 2.30. The zero-order chi connectivity index (χ0) is 23.2. The molecule has 1 amide bonds. The summed E-state index contributed by atoms with van der Waals surface area (Å²) in [7, 11) is 3.24. The van der Waals surface area contributed by atoms with Crippen LogP contribution in [0.15, 0.2) is 72.8 Å². The molecular formula is C27H29FN2O3. The van der Waals surface area contributed by atoms with Gasteiger partial charge in [0.1, 0.15) is 17.3 Å². The minimum atomic E-state index is -0.219. The van der Waals surface area contributed by atoms with Crippen LogP contribution in [0, 0.1) is 5.82 Å². The number of likely N-dealkylation sites (tertiary alicyclic amines) is 1. The van der Waals surface area contributed by atoms with E-state index >= 15 is 0 Å². The van der Waals surface area contributed by atoms with E-state index < -0.39 is 0 Å². The maximum absolute atomic E-state index is 13.6. The van der Waals surface area contributed by atoms with Crippen molar-refractivity contribution in [3.05, 3.63) is 89.7 Å². The van der Waals surface area contributed by atoms with Crippen molar-refractivity contribution >= 4 is 11.6 Å². The number of piperidine rings is 1. The van der Waals surface area contributed by atoms with Gasteiger partial charge in [-0.2, -0.15) is 0 Å². The van der Waals surface area contributed by atoms with E-state index in [4.69, 9.17) is 9.47 Å². The Morgan fingerprint density at radius 2 is 1.61 bits per heavy atom. The van der Waals surface area contributed by atoms with Crippen molar-refractivity contribution in [1.29, 1.82) is 0 Å². The second-order valence-electron chi connectivity index (χ2n) is 8.24. The van der Waals surface area contributed by atoms with E-state index in [-0.39, 0.29) is 17.8 Å². The summed E-state index contributed by atoms with van der Waals surface area (Å²) < 4.78 is 23.9. The van der Waals surface area contributed by atoms with Crippen LogP contribution in [0.3, 0.4) is 0 Å². The molecule has 172 valence electrons. The zero-order valence-electron chi connectivity index (χ0n) is 19.0. The van der Waals surface area contributed by atoms with Gasteiger partial charge in [0, 0.05) is 43.0 Å². The second kappa shape index (κ2) is 10.5. The molecule has 0 spiro atoms. The number of ether oxygens (including phenoxy) is 2. The van der Waals surface area contributed by atoms with Crippen molar-refractivity contribution in [3.8, 4) is 11.5 Å². The maximum Gasteiger partial charge on any atom is 0.258 e. The highest BCUT2D eigenvalue weighted by atomic mass is 19.1. The molecule has 1 fully saturated rings. The van der Waals surface area contributed by atoms with Gasteiger partial charge in [-0.3, -0.25) is 9.69 Å². The number of hydrogen-bond acceptors (Lipinski definition) is 4. The zero-order valence-corrected chi connectivity index (χ0v) is 19.0. The summed E-state index contributed by atoms with van der Waals surface area (Å²) in [5, 5.41) is 0.